The predicted molar refractivity (Wildman–Crippen MR) is 51.7 cm³/mol. The molecule has 0 aromatic heterocycles. The fourth-order valence-corrected chi connectivity index (χ4v) is 3.43. The van der Waals surface area contributed by atoms with E-state index in [4.69, 9.17) is 4.74 Å². The Morgan fingerprint density at radius 3 is 2.69 bits per heavy atom. The van der Waals surface area contributed by atoms with Crippen molar-refractivity contribution < 1.29 is 4.74 Å². The van der Waals surface area contributed by atoms with Crippen LogP contribution in [0.15, 0.2) is 0 Å². The summed E-state index contributed by atoms with van der Waals surface area (Å²) in [5, 5.41) is 0. The molecule has 1 spiro atoms. The van der Waals surface area contributed by atoms with E-state index in [9.17, 15) is 0 Å². The largest absolute Gasteiger partial charge is 0.370 e. The molecule has 0 amide bonds. The van der Waals surface area contributed by atoms with E-state index in [0.29, 0.717) is 11.0 Å². The highest BCUT2D eigenvalue weighted by Crippen LogP contribution is 2.55. The third-order valence-electron chi connectivity index (χ3n) is 4.52. The first-order valence-electron chi connectivity index (χ1n) is 5.48. The molecule has 3 aliphatic rings. The summed E-state index contributed by atoms with van der Waals surface area (Å²) in [6, 6.07) is 0.844. The van der Waals surface area contributed by atoms with Crippen LogP contribution in [0.1, 0.15) is 32.6 Å². The standard InChI is InChI=1S/C11H19NO/c1-10-4-3-9(10)12(2)6-5-11(7-10)8-13-11/h9H,3-8H2,1-2H3. The molecule has 2 heteroatoms. The maximum Gasteiger partial charge on any atom is 0.0934 e. The maximum atomic E-state index is 5.66. The van der Waals surface area contributed by atoms with E-state index in [1.807, 2.05) is 0 Å². The second-order valence-corrected chi connectivity index (χ2v) is 5.59. The van der Waals surface area contributed by atoms with Gasteiger partial charge in [0.25, 0.3) is 0 Å². The van der Waals surface area contributed by atoms with Gasteiger partial charge in [-0.25, -0.2) is 0 Å². The molecular formula is C11H19NO. The van der Waals surface area contributed by atoms with Gasteiger partial charge in [-0.15, -0.1) is 0 Å². The van der Waals surface area contributed by atoms with Crippen LogP contribution in [0.2, 0.25) is 0 Å². The Labute approximate surface area is 80.2 Å². The normalized spacial score (nSPS) is 55.4. The summed E-state index contributed by atoms with van der Waals surface area (Å²) in [5.41, 5.74) is 0.889. The summed E-state index contributed by atoms with van der Waals surface area (Å²) < 4.78 is 5.66. The molecule has 0 aromatic carbocycles. The minimum atomic E-state index is 0.318. The van der Waals surface area contributed by atoms with Gasteiger partial charge in [0, 0.05) is 12.6 Å². The van der Waals surface area contributed by atoms with E-state index in [2.05, 4.69) is 18.9 Å². The van der Waals surface area contributed by atoms with Crippen LogP contribution in [0.5, 0.6) is 0 Å². The molecule has 0 aromatic rings. The Balaban J connectivity index is 1.85. The van der Waals surface area contributed by atoms with Crippen molar-refractivity contribution in [2.45, 2.75) is 44.2 Å². The van der Waals surface area contributed by atoms with Crippen molar-refractivity contribution in [2.75, 3.05) is 20.2 Å². The summed E-state index contributed by atoms with van der Waals surface area (Å²) in [5.74, 6) is 0. The number of likely N-dealkylation sites (tertiary alicyclic amines) is 1. The van der Waals surface area contributed by atoms with E-state index in [1.54, 1.807) is 0 Å². The zero-order valence-electron chi connectivity index (χ0n) is 8.68. The average molecular weight is 181 g/mol. The van der Waals surface area contributed by atoms with Crippen LogP contribution in [-0.2, 0) is 4.74 Å². The monoisotopic (exact) mass is 181 g/mol. The lowest BCUT2D eigenvalue weighted by atomic mass is 9.62. The lowest BCUT2D eigenvalue weighted by molar-refractivity contribution is 0.00187. The summed E-state index contributed by atoms with van der Waals surface area (Å²) in [6.45, 7) is 4.72. The lowest BCUT2D eigenvalue weighted by Crippen LogP contribution is -2.51. The van der Waals surface area contributed by atoms with Crippen LogP contribution in [0.25, 0.3) is 0 Å². The van der Waals surface area contributed by atoms with E-state index in [-0.39, 0.29) is 0 Å². The lowest BCUT2D eigenvalue weighted by Gasteiger charge is -2.50. The molecule has 0 N–H and O–H groups in total. The number of rotatable bonds is 0. The van der Waals surface area contributed by atoms with E-state index in [1.165, 1.54) is 32.2 Å². The number of ether oxygens (including phenoxy) is 1. The molecule has 74 valence electrons. The maximum absolute atomic E-state index is 5.66. The van der Waals surface area contributed by atoms with Gasteiger partial charge in [-0.1, -0.05) is 6.92 Å². The molecule has 3 atom stereocenters. The quantitative estimate of drug-likeness (QED) is 0.528. The van der Waals surface area contributed by atoms with Crippen LogP contribution in [-0.4, -0.2) is 36.7 Å². The highest BCUT2D eigenvalue weighted by Gasteiger charge is 2.57. The predicted octanol–water partition coefficient (Wildman–Crippen LogP) is 1.65. The summed E-state index contributed by atoms with van der Waals surface area (Å²) in [6.07, 6.45) is 5.39. The molecule has 3 rings (SSSR count). The van der Waals surface area contributed by atoms with Crippen molar-refractivity contribution in [3.05, 3.63) is 0 Å². The van der Waals surface area contributed by atoms with Gasteiger partial charge in [0.05, 0.1) is 12.2 Å². The van der Waals surface area contributed by atoms with Gasteiger partial charge < -0.3 is 9.64 Å². The molecule has 0 bridgehead atoms. The highest BCUT2D eigenvalue weighted by molar-refractivity contribution is 5.09. The van der Waals surface area contributed by atoms with Gasteiger partial charge in [0.1, 0.15) is 0 Å². The molecule has 0 radical (unpaired) electrons. The molecule has 1 saturated carbocycles. The molecule has 1 aliphatic carbocycles. The fourth-order valence-electron chi connectivity index (χ4n) is 3.43. The van der Waals surface area contributed by atoms with Gasteiger partial charge in [-0.05, 0) is 38.1 Å². The van der Waals surface area contributed by atoms with Crippen LogP contribution in [0, 0.1) is 5.41 Å². The van der Waals surface area contributed by atoms with Gasteiger partial charge in [0.15, 0.2) is 0 Å². The molecular weight excluding hydrogens is 162 g/mol. The molecule has 2 aliphatic heterocycles. The molecule has 2 heterocycles. The van der Waals surface area contributed by atoms with Crippen molar-refractivity contribution in [3.63, 3.8) is 0 Å². The molecule has 2 saturated heterocycles. The second-order valence-electron chi connectivity index (χ2n) is 5.59. The van der Waals surface area contributed by atoms with Crippen molar-refractivity contribution in [2.24, 2.45) is 5.41 Å². The van der Waals surface area contributed by atoms with E-state index in [0.717, 1.165) is 12.6 Å². The van der Waals surface area contributed by atoms with E-state index >= 15 is 0 Å². The van der Waals surface area contributed by atoms with Crippen molar-refractivity contribution in [3.8, 4) is 0 Å². The number of epoxide rings is 1. The minimum Gasteiger partial charge on any atom is -0.370 e. The Bertz CT molecular complexity index is 236. The Morgan fingerprint density at radius 1 is 1.38 bits per heavy atom. The Kier molecular flexibility index (Phi) is 1.45. The highest BCUT2D eigenvalue weighted by atomic mass is 16.6. The smallest absolute Gasteiger partial charge is 0.0934 e. The first-order valence-corrected chi connectivity index (χ1v) is 5.48. The topological polar surface area (TPSA) is 15.8 Å². The van der Waals surface area contributed by atoms with Crippen LogP contribution in [0.3, 0.4) is 0 Å². The number of fused-ring (bicyclic) bond motifs is 1. The Hall–Kier alpha value is -0.0800. The van der Waals surface area contributed by atoms with Crippen LogP contribution < -0.4 is 0 Å². The van der Waals surface area contributed by atoms with Crippen molar-refractivity contribution >= 4 is 0 Å². The van der Waals surface area contributed by atoms with Crippen LogP contribution in [0.4, 0.5) is 0 Å². The summed E-state index contributed by atoms with van der Waals surface area (Å²) >= 11 is 0. The van der Waals surface area contributed by atoms with Gasteiger partial charge in [-0.2, -0.15) is 0 Å². The van der Waals surface area contributed by atoms with Crippen molar-refractivity contribution in [1.82, 2.24) is 4.90 Å². The molecule has 3 unspecified atom stereocenters. The number of hydrogen-bond acceptors (Lipinski definition) is 2. The van der Waals surface area contributed by atoms with Crippen LogP contribution >= 0.6 is 0 Å². The Morgan fingerprint density at radius 2 is 2.15 bits per heavy atom. The van der Waals surface area contributed by atoms with Gasteiger partial charge in [0.2, 0.25) is 0 Å². The number of nitrogens with zero attached hydrogens (tertiary/aromatic N) is 1. The SMILES string of the molecule is CN1CCC2(CO2)CC2(C)CCC12. The van der Waals surface area contributed by atoms with Crippen molar-refractivity contribution in [1.29, 1.82) is 0 Å². The number of hydrogen-bond donors (Lipinski definition) is 0. The minimum absolute atomic E-state index is 0.318. The zero-order valence-corrected chi connectivity index (χ0v) is 8.68. The molecule has 3 fully saturated rings. The zero-order chi connectivity index (χ0) is 9.10. The molecule has 2 nitrogen and oxygen atoms in total. The summed E-state index contributed by atoms with van der Waals surface area (Å²) in [4.78, 5) is 2.56. The first kappa shape index (κ1) is 8.25. The van der Waals surface area contributed by atoms with Gasteiger partial charge >= 0.3 is 0 Å². The molecule has 13 heavy (non-hydrogen) atoms. The third kappa shape index (κ3) is 1.08. The summed E-state index contributed by atoms with van der Waals surface area (Å²) in [7, 11) is 2.28. The van der Waals surface area contributed by atoms with E-state index < -0.39 is 0 Å². The second kappa shape index (κ2) is 2.29. The fraction of sp³-hybridized carbons (Fsp3) is 1.00. The van der Waals surface area contributed by atoms with Gasteiger partial charge in [-0.3, -0.25) is 0 Å². The third-order valence-corrected chi connectivity index (χ3v) is 4.52. The average Bonchev–Trinajstić information content (AvgIpc) is 2.80. The first-order chi connectivity index (χ1) is 6.14.